The Hall–Kier alpha value is -3.76. The van der Waals surface area contributed by atoms with Crippen LogP contribution in [0.15, 0.2) is 71.7 Å². The van der Waals surface area contributed by atoms with Crippen molar-refractivity contribution in [2.75, 3.05) is 13.6 Å². The normalized spacial score (nSPS) is 15.7. The van der Waals surface area contributed by atoms with Crippen LogP contribution in [0, 0.1) is 5.82 Å². The zero-order valence-electron chi connectivity index (χ0n) is 18.5. The van der Waals surface area contributed by atoms with Gasteiger partial charge in [0.05, 0.1) is 12.1 Å². The van der Waals surface area contributed by atoms with Crippen molar-refractivity contribution in [2.24, 2.45) is 4.99 Å². The molecule has 0 aromatic heterocycles. The highest BCUT2D eigenvalue weighted by Gasteiger charge is 2.35. The van der Waals surface area contributed by atoms with Gasteiger partial charge in [-0.1, -0.05) is 42.5 Å². The Balaban J connectivity index is 1.62. The summed E-state index contributed by atoms with van der Waals surface area (Å²) in [6.07, 6.45) is -5.67. The summed E-state index contributed by atoms with van der Waals surface area (Å²) in [4.78, 5) is 22.1. The van der Waals surface area contributed by atoms with E-state index in [0.29, 0.717) is 16.7 Å². The Kier molecular flexibility index (Phi) is 6.86. The molecule has 182 valence electrons. The van der Waals surface area contributed by atoms with E-state index in [1.807, 2.05) is 0 Å². The molecule has 0 bridgehead atoms. The topological polar surface area (TPSA) is 74.2 Å². The second-order valence-corrected chi connectivity index (χ2v) is 8.13. The number of carbonyl (C=O) groups is 1. The Morgan fingerprint density at radius 1 is 1.09 bits per heavy atom. The minimum absolute atomic E-state index is 0.0391. The van der Waals surface area contributed by atoms with Crippen molar-refractivity contribution in [3.8, 4) is 11.1 Å². The molecule has 1 unspecified atom stereocenters. The highest BCUT2D eigenvalue weighted by atomic mass is 19.4. The predicted molar refractivity (Wildman–Crippen MR) is 121 cm³/mol. The van der Waals surface area contributed by atoms with Crippen molar-refractivity contribution in [3.05, 3.63) is 94.8 Å². The highest BCUT2D eigenvalue weighted by Crippen LogP contribution is 2.39. The number of hydrogen-bond donors (Lipinski definition) is 2. The second-order valence-electron chi connectivity index (χ2n) is 8.13. The maximum Gasteiger partial charge on any atom is 0.417 e. The van der Waals surface area contributed by atoms with Gasteiger partial charge in [0.15, 0.2) is 5.84 Å². The molecule has 6 nitrogen and oxygen atoms in total. The lowest BCUT2D eigenvalue weighted by molar-refractivity contribution is -0.138. The first-order chi connectivity index (χ1) is 16.6. The van der Waals surface area contributed by atoms with E-state index in [1.165, 1.54) is 29.2 Å². The maximum atomic E-state index is 14.2. The average Bonchev–Trinajstić information content (AvgIpc) is 3.28. The molecule has 0 saturated carbocycles. The smallest absolute Gasteiger partial charge is 0.417 e. The molecule has 3 aromatic rings. The van der Waals surface area contributed by atoms with E-state index >= 15 is 0 Å². The molecule has 0 aliphatic carbocycles. The number of halogens is 4. The summed E-state index contributed by atoms with van der Waals surface area (Å²) in [7, 11) is 1.58. The number of carboxylic acid groups (broad SMARTS) is 1. The van der Waals surface area contributed by atoms with Gasteiger partial charge in [-0.15, -0.1) is 0 Å². The van der Waals surface area contributed by atoms with Gasteiger partial charge in [-0.05, 0) is 48.0 Å². The lowest BCUT2D eigenvalue weighted by Gasteiger charge is -2.16. The van der Waals surface area contributed by atoms with Gasteiger partial charge in [-0.2, -0.15) is 13.2 Å². The zero-order chi connectivity index (χ0) is 25.2. The van der Waals surface area contributed by atoms with Gasteiger partial charge >= 0.3 is 12.1 Å². The van der Waals surface area contributed by atoms with Crippen LogP contribution in [0.1, 0.15) is 28.5 Å². The lowest BCUT2D eigenvalue weighted by atomic mass is 9.96. The van der Waals surface area contributed by atoms with Gasteiger partial charge in [0.25, 0.3) is 0 Å². The fourth-order valence-electron chi connectivity index (χ4n) is 3.85. The number of alkyl halides is 3. The Bertz CT molecular complexity index is 1260. The third kappa shape index (κ3) is 5.84. The molecule has 10 heteroatoms. The Labute approximate surface area is 198 Å². The fraction of sp³-hybridized carbons (Fsp3) is 0.200. The van der Waals surface area contributed by atoms with E-state index in [1.54, 1.807) is 43.4 Å². The van der Waals surface area contributed by atoms with Crippen molar-refractivity contribution in [1.82, 2.24) is 10.4 Å². The van der Waals surface area contributed by atoms with E-state index < -0.39 is 29.8 Å². The number of hydroxylamine groups is 1. The van der Waals surface area contributed by atoms with Gasteiger partial charge in [-0.25, -0.2) is 19.7 Å². The zero-order valence-corrected chi connectivity index (χ0v) is 18.5. The number of benzene rings is 3. The van der Waals surface area contributed by atoms with E-state index in [0.717, 1.165) is 6.07 Å². The van der Waals surface area contributed by atoms with Gasteiger partial charge in [-0.3, -0.25) is 9.69 Å². The van der Waals surface area contributed by atoms with Crippen LogP contribution < -0.4 is 5.48 Å². The first-order valence-corrected chi connectivity index (χ1v) is 10.6. The number of rotatable bonds is 7. The van der Waals surface area contributed by atoms with Crippen LogP contribution in [0.2, 0.25) is 0 Å². The van der Waals surface area contributed by atoms with Gasteiger partial charge in [0, 0.05) is 17.7 Å². The predicted octanol–water partition coefficient (Wildman–Crippen LogP) is 5.01. The van der Waals surface area contributed by atoms with Crippen LogP contribution in [0.3, 0.4) is 0 Å². The molecule has 2 N–H and O–H groups in total. The van der Waals surface area contributed by atoms with Crippen LogP contribution in [-0.4, -0.2) is 35.4 Å². The molecule has 35 heavy (non-hydrogen) atoms. The molecule has 3 aromatic carbocycles. The number of aliphatic imine (C=N–C) groups is 1. The summed E-state index contributed by atoms with van der Waals surface area (Å²) in [6, 6.07) is 16.2. The molecule has 0 saturated heterocycles. The summed E-state index contributed by atoms with van der Waals surface area (Å²) in [5.41, 5.74) is 3.22. The number of hydrogen-bond acceptors (Lipinski definition) is 5. The van der Waals surface area contributed by atoms with Crippen LogP contribution in [0.5, 0.6) is 0 Å². The third-order valence-electron chi connectivity index (χ3n) is 5.32. The summed E-state index contributed by atoms with van der Waals surface area (Å²) in [5, 5.41) is 8.90. The Morgan fingerprint density at radius 3 is 2.51 bits per heavy atom. The summed E-state index contributed by atoms with van der Waals surface area (Å²) < 4.78 is 55.7. The molecule has 1 heterocycles. The van der Waals surface area contributed by atoms with Crippen molar-refractivity contribution in [1.29, 1.82) is 0 Å². The molecular weight excluding hydrogens is 466 g/mol. The molecule has 4 rings (SSSR count). The molecule has 0 fully saturated rings. The standard InChI is InChI=1S/C25H21F4N3O3/c1-32(14-22(33)34)13-15-9-18(11-19(26)10-15)23-30-24(35-31-23)17-7-8-20(16-5-3-2-4-6-16)21(12-17)25(27,28)29/h2-12,24H,13-14H2,1H3,(H,30,31)(H,33,34). The van der Waals surface area contributed by atoms with E-state index in [9.17, 15) is 22.4 Å². The molecule has 1 atom stereocenters. The SMILES string of the molecule is CN(CC(=O)O)Cc1cc(F)cc(C2=NC(c3ccc(-c4ccccc4)c(C(F)(F)F)c3)ON2)c1. The van der Waals surface area contributed by atoms with Crippen molar-refractivity contribution in [3.63, 3.8) is 0 Å². The minimum atomic E-state index is -4.60. The average molecular weight is 487 g/mol. The molecule has 1 aliphatic heterocycles. The Morgan fingerprint density at radius 2 is 1.83 bits per heavy atom. The highest BCUT2D eigenvalue weighted by molar-refractivity contribution is 5.99. The van der Waals surface area contributed by atoms with Crippen LogP contribution in [0.25, 0.3) is 11.1 Å². The lowest BCUT2D eigenvalue weighted by Crippen LogP contribution is -2.25. The monoisotopic (exact) mass is 487 g/mol. The third-order valence-corrected chi connectivity index (χ3v) is 5.32. The van der Waals surface area contributed by atoms with E-state index in [2.05, 4.69) is 10.5 Å². The second kappa shape index (κ2) is 9.85. The molecule has 0 spiro atoms. The minimum Gasteiger partial charge on any atom is -0.480 e. The van der Waals surface area contributed by atoms with Crippen molar-refractivity contribution >= 4 is 11.8 Å². The van der Waals surface area contributed by atoms with Gasteiger partial charge < -0.3 is 5.11 Å². The summed E-state index contributed by atoms with van der Waals surface area (Å²) >= 11 is 0. The number of nitrogens with zero attached hydrogens (tertiary/aromatic N) is 2. The van der Waals surface area contributed by atoms with Crippen LogP contribution in [0.4, 0.5) is 17.6 Å². The number of carboxylic acids is 1. The largest absolute Gasteiger partial charge is 0.480 e. The van der Waals surface area contributed by atoms with Gasteiger partial charge in [0.1, 0.15) is 5.82 Å². The molecule has 0 amide bonds. The maximum absolute atomic E-state index is 14.2. The summed E-state index contributed by atoms with van der Waals surface area (Å²) in [6.45, 7) is -0.0543. The fourth-order valence-corrected chi connectivity index (χ4v) is 3.85. The van der Waals surface area contributed by atoms with E-state index in [-0.39, 0.29) is 30.1 Å². The summed E-state index contributed by atoms with van der Waals surface area (Å²) in [5.74, 6) is -1.43. The van der Waals surface area contributed by atoms with Gasteiger partial charge in [0.2, 0.25) is 6.23 Å². The number of nitrogens with one attached hydrogen (secondary N) is 1. The van der Waals surface area contributed by atoms with Crippen molar-refractivity contribution < 1.29 is 32.3 Å². The molecule has 0 radical (unpaired) electrons. The first kappa shape index (κ1) is 24.4. The molecule has 1 aliphatic rings. The number of likely N-dealkylation sites (N-methyl/N-ethyl adjacent to an activating group) is 1. The quantitative estimate of drug-likeness (QED) is 0.459. The van der Waals surface area contributed by atoms with Crippen LogP contribution in [-0.2, 0) is 22.4 Å². The number of amidine groups is 1. The first-order valence-electron chi connectivity index (χ1n) is 10.6. The van der Waals surface area contributed by atoms with Crippen LogP contribution >= 0.6 is 0 Å². The number of aliphatic carboxylic acids is 1. The van der Waals surface area contributed by atoms with Crippen molar-refractivity contribution in [2.45, 2.75) is 18.9 Å². The molecular formula is C25H21F4N3O3. The van der Waals surface area contributed by atoms with E-state index in [4.69, 9.17) is 9.94 Å².